The zero-order valence-electron chi connectivity index (χ0n) is 10.0. The van der Waals surface area contributed by atoms with Crippen LogP contribution in [0.1, 0.15) is 22.3 Å². The van der Waals surface area contributed by atoms with Crippen LogP contribution in [0.4, 0.5) is 0 Å². The highest BCUT2D eigenvalue weighted by Gasteiger charge is 2.07. The molecule has 0 aliphatic rings. The lowest BCUT2D eigenvalue weighted by molar-refractivity contribution is 0.103. The smallest absolute Gasteiger partial charge is 0.193 e. The summed E-state index contributed by atoms with van der Waals surface area (Å²) >= 11 is 0. The van der Waals surface area contributed by atoms with Gasteiger partial charge in [-0.1, -0.05) is 30.3 Å². The number of rotatable bonds is 5. The van der Waals surface area contributed by atoms with Crippen LogP contribution in [-0.2, 0) is 0 Å². The van der Waals surface area contributed by atoms with Crippen molar-refractivity contribution in [3.05, 3.63) is 72.6 Å². The molecule has 0 aromatic heterocycles. The zero-order chi connectivity index (χ0) is 12.8. The molecular weight excluding hydrogens is 224 g/mol. The van der Waals surface area contributed by atoms with Gasteiger partial charge in [-0.25, -0.2) is 0 Å². The molecule has 2 rings (SSSR count). The molecule has 2 aromatic carbocycles. The van der Waals surface area contributed by atoms with Crippen molar-refractivity contribution in [2.45, 2.75) is 6.42 Å². The molecule has 0 atom stereocenters. The van der Waals surface area contributed by atoms with Gasteiger partial charge in [0.1, 0.15) is 5.75 Å². The maximum Gasteiger partial charge on any atom is 0.193 e. The lowest BCUT2D eigenvalue weighted by atomic mass is 10.0. The van der Waals surface area contributed by atoms with E-state index in [9.17, 15) is 4.79 Å². The lowest BCUT2D eigenvalue weighted by Crippen LogP contribution is -2.01. The van der Waals surface area contributed by atoms with Crippen molar-refractivity contribution in [1.29, 1.82) is 0 Å². The maximum absolute atomic E-state index is 12.1. The second kappa shape index (κ2) is 6.01. The summed E-state index contributed by atoms with van der Waals surface area (Å²) in [4.78, 5) is 12.1. The van der Waals surface area contributed by atoms with E-state index in [4.69, 9.17) is 11.7 Å². The lowest BCUT2D eigenvalue weighted by Gasteiger charge is -2.05. The molecule has 0 amide bonds. The van der Waals surface area contributed by atoms with E-state index in [0.29, 0.717) is 24.2 Å². The minimum absolute atomic E-state index is 0.0148. The van der Waals surface area contributed by atoms with Crippen molar-refractivity contribution in [3.63, 3.8) is 0 Å². The molecule has 0 spiro atoms. The van der Waals surface area contributed by atoms with Gasteiger partial charge < -0.3 is 4.74 Å². The normalized spacial score (nSPS) is 10.1. The molecule has 0 bridgehead atoms. The fraction of sp³-hybridized carbons (Fsp3) is 0.125. The van der Waals surface area contributed by atoms with Crippen LogP contribution in [0.2, 0.25) is 0 Å². The number of ketones is 1. The summed E-state index contributed by atoms with van der Waals surface area (Å²) in [6.45, 7) is 5.83. The standard InChI is InChI=1S/C16H14O2/c1-2-12-18-15-10-8-14(9-11-15)16(17)13-6-4-3-5-7-13/h1,3-11H,2,12H2. The summed E-state index contributed by atoms with van der Waals surface area (Å²) in [6.07, 6.45) is 0.477. The first-order chi connectivity index (χ1) is 8.81. The van der Waals surface area contributed by atoms with Crippen LogP contribution in [0.3, 0.4) is 0 Å². The quantitative estimate of drug-likeness (QED) is 0.746. The van der Waals surface area contributed by atoms with Crippen LogP contribution >= 0.6 is 0 Å². The van der Waals surface area contributed by atoms with Crippen molar-refractivity contribution < 1.29 is 9.53 Å². The number of hydrogen-bond acceptors (Lipinski definition) is 2. The summed E-state index contributed by atoms with van der Waals surface area (Å²) < 4.78 is 5.36. The van der Waals surface area contributed by atoms with Crippen molar-refractivity contribution in [3.8, 4) is 5.75 Å². The fourth-order valence-electron chi connectivity index (χ4n) is 1.64. The van der Waals surface area contributed by atoms with Crippen molar-refractivity contribution in [2.75, 3.05) is 6.61 Å². The molecule has 0 N–H and O–H groups in total. The Morgan fingerprint density at radius 2 is 1.56 bits per heavy atom. The average Bonchev–Trinajstić information content (AvgIpc) is 2.46. The molecule has 18 heavy (non-hydrogen) atoms. The van der Waals surface area contributed by atoms with E-state index < -0.39 is 0 Å². The summed E-state index contributed by atoms with van der Waals surface area (Å²) in [6, 6.07) is 16.3. The van der Waals surface area contributed by atoms with E-state index in [0.717, 1.165) is 5.75 Å². The number of carbonyl (C=O) groups is 1. The van der Waals surface area contributed by atoms with E-state index in [1.54, 1.807) is 36.4 Å². The molecule has 2 nitrogen and oxygen atoms in total. The summed E-state index contributed by atoms with van der Waals surface area (Å²) in [5.74, 6) is 0.742. The van der Waals surface area contributed by atoms with Gasteiger partial charge in [0.05, 0.1) is 6.61 Å². The minimum Gasteiger partial charge on any atom is -0.494 e. The Bertz CT molecular complexity index is 500. The highest BCUT2D eigenvalue weighted by atomic mass is 16.5. The minimum atomic E-state index is 0.0148. The maximum atomic E-state index is 12.1. The van der Waals surface area contributed by atoms with E-state index >= 15 is 0 Å². The first kappa shape index (κ1) is 12.4. The molecule has 2 aromatic rings. The van der Waals surface area contributed by atoms with Crippen molar-refractivity contribution in [2.24, 2.45) is 0 Å². The molecule has 0 heterocycles. The van der Waals surface area contributed by atoms with Crippen LogP contribution in [0.5, 0.6) is 5.75 Å². The van der Waals surface area contributed by atoms with Crippen LogP contribution in [-0.4, -0.2) is 12.4 Å². The third-order valence-corrected chi connectivity index (χ3v) is 2.54. The number of ether oxygens (including phenoxy) is 1. The van der Waals surface area contributed by atoms with Crippen LogP contribution in [0.15, 0.2) is 54.6 Å². The molecule has 2 radical (unpaired) electrons. The topological polar surface area (TPSA) is 26.3 Å². The van der Waals surface area contributed by atoms with Gasteiger partial charge in [0.25, 0.3) is 0 Å². The van der Waals surface area contributed by atoms with Crippen molar-refractivity contribution in [1.82, 2.24) is 0 Å². The number of carbonyl (C=O) groups excluding carboxylic acids is 1. The Hall–Kier alpha value is -2.09. The van der Waals surface area contributed by atoms with E-state index in [1.165, 1.54) is 0 Å². The largest absolute Gasteiger partial charge is 0.494 e. The third-order valence-electron chi connectivity index (χ3n) is 2.54. The molecule has 0 saturated carbocycles. The van der Waals surface area contributed by atoms with Gasteiger partial charge in [0, 0.05) is 11.1 Å². The highest BCUT2D eigenvalue weighted by Crippen LogP contribution is 2.15. The predicted octanol–water partition coefficient (Wildman–Crippen LogP) is 3.40. The summed E-state index contributed by atoms with van der Waals surface area (Å²) in [7, 11) is 0. The predicted molar refractivity (Wildman–Crippen MR) is 70.7 cm³/mol. The van der Waals surface area contributed by atoms with Gasteiger partial charge in [0.2, 0.25) is 0 Å². The second-order valence-corrected chi connectivity index (χ2v) is 3.86. The van der Waals surface area contributed by atoms with Crippen LogP contribution in [0, 0.1) is 6.92 Å². The average molecular weight is 238 g/mol. The Morgan fingerprint density at radius 1 is 0.944 bits per heavy atom. The molecule has 0 aliphatic heterocycles. The molecule has 0 unspecified atom stereocenters. The highest BCUT2D eigenvalue weighted by molar-refractivity contribution is 6.08. The molecule has 0 fully saturated rings. The summed E-state index contributed by atoms with van der Waals surface area (Å²) in [5.41, 5.74) is 1.34. The van der Waals surface area contributed by atoms with E-state index in [2.05, 4.69) is 0 Å². The van der Waals surface area contributed by atoms with Gasteiger partial charge in [-0.3, -0.25) is 4.79 Å². The first-order valence-corrected chi connectivity index (χ1v) is 5.84. The van der Waals surface area contributed by atoms with Crippen molar-refractivity contribution >= 4 is 5.78 Å². The van der Waals surface area contributed by atoms with Gasteiger partial charge in [-0.05, 0) is 37.6 Å². The van der Waals surface area contributed by atoms with Gasteiger partial charge in [0.15, 0.2) is 5.78 Å². The molecule has 90 valence electrons. The fourth-order valence-corrected chi connectivity index (χ4v) is 1.64. The molecule has 0 aliphatic carbocycles. The zero-order valence-corrected chi connectivity index (χ0v) is 10.0. The summed E-state index contributed by atoms with van der Waals surface area (Å²) in [5, 5.41) is 0. The van der Waals surface area contributed by atoms with Gasteiger partial charge in [-0.2, -0.15) is 0 Å². The number of benzene rings is 2. The third kappa shape index (κ3) is 2.98. The van der Waals surface area contributed by atoms with E-state index in [-0.39, 0.29) is 5.78 Å². The van der Waals surface area contributed by atoms with E-state index in [1.807, 2.05) is 18.2 Å². The van der Waals surface area contributed by atoms with Crippen LogP contribution in [0.25, 0.3) is 0 Å². The first-order valence-electron chi connectivity index (χ1n) is 5.84. The van der Waals surface area contributed by atoms with Gasteiger partial charge >= 0.3 is 0 Å². The Labute approximate surface area is 107 Å². The van der Waals surface area contributed by atoms with Gasteiger partial charge in [-0.15, -0.1) is 0 Å². The SMILES string of the molecule is [CH]CCOc1ccc(C(=O)c2ccccc2)cc1. The molecule has 2 heteroatoms. The molecule has 0 saturated heterocycles. The molecular formula is C16H14O2. The Morgan fingerprint density at radius 3 is 2.17 bits per heavy atom. The monoisotopic (exact) mass is 238 g/mol. The Balaban J connectivity index is 2.12. The second-order valence-electron chi connectivity index (χ2n) is 3.86. The Kier molecular flexibility index (Phi) is 4.13. The van der Waals surface area contributed by atoms with Crippen LogP contribution < -0.4 is 4.74 Å². The number of hydrogen-bond donors (Lipinski definition) is 0.